The van der Waals surface area contributed by atoms with Crippen molar-refractivity contribution < 1.29 is 0 Å². The smallest absolute Gasteiger partial charge is 0.0390 e. The fraction of sp³-hybridized carbons (Fsp3) is 0.238. The van der Waals surface area contributed by atoms with E-state index >= 15 is 0 Å². The van der Waals surface area contributed by atoms with Crippen molar-refractivity contribution in [1.29, 1.82) is 0 Å². The van der Waals surface area contributed by atoms with Crippen LogP contribution >= 0.6 is 0 Å². The lowest BCUT2D eigenvalue weighted by atomic mass is 9.65. The molecule has 0 heteroatoms. The first-order valence-corrected chi connectivity index (χ1v) is 7.89. The van der Waals surface area contributed by atoms with Gasteiger partial charge < -0.3 is 0 Å². The Morgan fingerprint density at radius 3 is 2.05 bits per heavy atom. The second kappa shape index (κ2) is 5.04. The molecule has 0 nitrogen and oxygen atoms in total. The van der Waals surface area contributed by atoms with Gasteiger partial charge in [-0.3, -0.25) is 0 Å². The van der Waals surface area contributed by atoms with Crippen LogP contribution in [0.15, 0.2) is 84.5 Å². The molecular weight excluding hydrogens is 252 g/mol. The van der Waals surface area contributed by atoms with Crippen LogP contribution in [0.25, 0.3) is 0 Å². The van der Waals surface area contributed by atoms with Gasteiger partial charge >= 0.3 is 0 Å². The quantitative estimate of drug-likeness (QED) is 0.698. The van der Waals surface area contributed by atoms with E-state index in [9.17, 15) is 0 Å². The van der Waals surface area contributed by atoms with Gasteiger partial charge in [-0.2, -0.15) is 0 Å². The molecule has 21 heavy (non-hydrogen) atoms. The highest BCUT2D eigenvalue weighted by molar-refractivity contribution is 5.49. The summed E-state index contributed by atoms with van der Waals surface area (Å²) < 4.78 is 0. The van der Waals surface area contributed by atoms with Crippen LogP contribution < -0.4 is 0 Å². The van der Waals surface area contributed by atoms with Gasteiger partial charge in [-0.1, -0.05) is 78.9 Å². The number of allylic oxidation sites excluding steroid dienone is 4. The third kappa shape index (κ3) is 2.06. The zero-order chi connectivity index (χ0) is 14.1. The minimum absolute atomic E-state index is 0.0366. The first-order valence-electron chi connectivity index (χ1n) is 7.89. The Hall–Kier alpha value is -2.08. The van der Waals surface area contributed by atoms with Crippen molar-refractivity contribution in [2.24, 2.45) is 5.92 Å². The SMILES string of the molecule is C1=CC(c2ccccc2)(c2ccccc2)CC2CCC=C12. The number of hydrogen-bond acceptors (Lipinski definition) is 0. The minimum atomic E-state index is 0.0366. The Balaban J connectivity index is 1.88. The topological polar surface area (TPSA) is 0 Å². The summed E-state index contributed by atoms with van der Waals surface area (Å²) in [6, 6.07) is 22.0. The molecule has 0 saturated carbocycles. The van der Waals surface area contributed by atoms with E-state index in [4.69, 9.17) is 0 Å². The molecule has 0 spiro atoms. The zero-order valence-electron chi connectivity index (χ0n) is 12.2. The number of fused-ring (bicyclic) bond motifs is 1. The maximum Gasteiger partial charge on any atom is 0.0390 e. The molecule has 0 N–H and O–H groups in total. The minimum Gasteiger partial charge on any atom is -0.0810 e. The van der Waals surface area contributed by atoms with E-state index in [-0.39, 0.29) is 5.41 Å². The molecule has 4 rings (SSSR count). The third-order valence-corrected chi connectivity index (χ3v) is 5.07. The first-order chi connectivity index (χ1) is 10.4. The molecule has 0 fully saturated rings. The molecule has 2 aromatic carbocycles. The lowest BCUT2D eigenvalue weighted by molar-refractivity contribution is 0.443. The van der Waals surface area contributed by atoms with Gasteiger partial charge in [-0.25, -0.2) is 0 Å². The van der Waals surface area contributed by atoms with Crippen molar-refractivity contribution in [3.05, 3.63) is 95.6 Å². The van der Waals surface area contributed by atoms with E-state index < -0.39 is 0 Å². The summed E-state index contributed by atoms with van der Waals surface area (Å²) in [7, 11) is 0. The van der Waals surface area contributed by atoms with Gasteiger partial charge in [0.15, 0.2) is 0 Å². The van der Waals surface area contributed by atoms with E-state index in [1.165, 1.54) is 30.4 Å². The molecule has 2 aromatic rings. The van der Waals surface area contributed by atoms with Crippen LogP contribution in [0.4, 0.5) is 0 Å². The molecule has 1 unspecified atom stereocenters. The maximum absolute atomic E-state index is 2.44. The molecule has 0 aromatic heterocycles. The fourth-order valence-corrected chi connectivity index (χ4v) is 3.97. The average Bonchev–Trinajstić information content (AvgIpc) is 3.03. The van der Waals surface area contributed by atoms with E-state index in [0.717, 1.165) is 5.92 Å². The van der Waals surface area contributed by atoms with E-state index in [1.807, 2.05) is 0 Å². The van der Waals surface area contributed by atoms with Gasteiger partial charge in [-0.05, 0) is 41.9 Å². The molecule has 0 bridgehead atoms. The Morgan fingerprint density at radius 2 is 1.43 bits per heavy atom. The largest absolute Gasteiger partial charge is 0.0810 e. The number of benzene rings is 2. The highest BCUT2D eigenvalue weighted by Gasteiger charge is 2.38. The molecular formula is C21H20. The van der Waals surface area contributed by atoms with Crippen molar-refractivity contribution in [2.45, 2.75) is 24.7 Å². The number of rotatable bonds is 2. The Morgan fingerprint density at radius 1 is 0.810 bits per heavy atom. The van der Waals surface area contributed by atoms with Crippen LogP contribution in [0.3, 0.4) is 0 Å². The first kappa shape index (κ1) is 12.6. The van der Waals surface area contributed by atoms with Crippen LogP contribution in [0.2, 0.25) is 0 Å². The Kier molecular flexibility index (Phi) is 3.03. The van der Waals surface area contributed by atoms with Crippen LogP contribution in [-0.2, 0) is 5.41 Å². The number of hydrogen-bond donors (Lipinski definition) is 0. The average molecular weight is 272 g/mol. The van der Waals surface area contributed by atoms with Crippen molar-refractivity contribution in [1.82, 2.24) is 0 Å². The van der Waals surface area contributed by atoms with Gasteiger partial charge in [0, 0.05) is 5.41 Å². The third-order valence-electron chi connectivity index (χ3n) is 5.07. The highest BCUT2D eigenvalue weighted by atomic mass is 14.4. The summed E-state index contributed by atoms with van der Waals surface area (Å²) in [6.45, 7) is 0. The summed E-state index contributed by atoms with van der Waals surface area (Å²) in [6.07, 6.45) is 11.0. The van der Waals surface area contributed by atoms with Crippen molar-refractivity contribution in [2.75, 3.05) is 0 Å². The summed E-state index contributed by atoms with van der Waals surface area (Å²) in [5, 5.41) is 0. The highest BCUT2D eigenvalue weighted by Crippen LogP contribution is 2.47. The second-order valence-electron chi connectivity index (χ2n) is 6.22. The van der Waals surface area contributed by atoms with Gasteiger partial charge in [0.05, 0.1) is 0 Å². The maximum atomic E-state index is 2.44. The summed E-state index contributed by atoms with van der Waals surface area (Å²) in [4.78, 5) is 0. The summed E-state index contributed by atoms with van der Waals surface area (Å²) in [5.41, 5.74) is 4.42. The molecule has 2 aliphatic rings. The van der Waals surface area contributed by atoms with Crippen molar-refractivity contribution in [3.8, 4) is 0 Å². The normalized spacial score (nSPS) is 22.7. The van der Waals surface area contributed by atoms with Gasteiger partial charge in [0.2, 0.25) is 0 Å². The molecule has 0 aliphatic heterocycles. The van der Waals surface area contributed by atoms with Crippen LogP contribution in [-0.4, -0.2) is 0 Å². The zero-order valence-corrected chi connectivity index (χ0v) is 12.2. The van der Waals surface area contributed by atoms with Gasteiger partial charge in [-0.15, -0.1) is 0 Å². The predicted molar refractivity (Wildman–Crippen MR) is 88.2 cm³/mol. The van der Waals surface area contributed by atoms with Crippen LogP contribution in [0.5, 0.6) is 0 Å². The van der Waals surface area contributed by atoms with Gasteiger partial charge in [0.25, 0.3) is 0 Å². The van der Waals surface area contributed by atoms with Crippen LogP contribution in [0.1, 0.15) is 30.4 Å². The molecule has 0 amide bonds. The fourth-order valence-electron chi connectivity index (χ4n) is 3.97. The molecule has 0 radical (unpaired) electrons. The molecule has 0 saturated heterocycles. The Bertz CT molecular complexity index is 637. The molecule has 104 valence electrons. The molecule has 1 atom stereocenters. The predicted octanol–water partition coefficient (Wildman–Crippen LogP) is 5.27. The van der Waals surface area contributed by atoms with Gasteiger partial charge in [0.1, 0.15) is 0 Å². The van der Waals surface area contributed by atoms with E-state index in [1.54, 1.807) is 5.57 Å². The lowest BCUT2D eigenvalue weighted by Gasteiger charge is -2.38. The Labute approximate surface area is 126 Å². The van der Waals surface area contributed by atoms with E-state index in [0.29, 0.717) is 0 Å². The molecule has 0 heterocycles. The molecule has 2 aliphatic carbocycles. The standard InChI is InChI=1S/C21H20/c1-3-10-19(11-4-1)21(20-12-5-2-6-13-20)15-14-17-8-7-9-18(17)16-21/h1-6,8,10-15,18H,7,9,16H2. The summed E-state index contributed by atoms with van der Waals surface area (Å²) >= 11 is 0. The van der Waals surface area contributed by atoms with Crippen molar-refractivity contribution in [3.63, 3.8) is 0 Å². The summed E-state index contributed by atoms with van der Waals surface area (Å²) in [5.74, 6) is 0.718. The van der Waals surface area contributed by atoms with E-state index in [2.05, 4.69) is 78.9 Å². The van der Waals surface area contributed by atoms with Crippen molar-refractivity contribution >= 4 is 0 Å². The lowest BCUT2D eigenvalue weighted by Crippen LogP contribution is -2.31. The van der Waals surface area contributed by atoms with Crippen LogP contribution in [0, 0.1) is 5.92 Å². The monoisotopic (exact) mass is 272 g/mol. The second-order valence-corrected chi connectivity index (χ2v) is 6.22.